The first-order valence-corrected chi connectivity index (χ1v) is 12.3. The third kappa shape index (κ3) is 6.28. The highest BCUT2D eigenvalue weighted by Crippen LogP contribution is 2.21. The normalized spacial score (nSPS) is 12.6. The molecule has 0 unspecified atom stereocenters. The zero-order chi connectivity index (χ0) is 27.1. The molecular formula is C30H29N5O3. The van der Waals surface area contributed by atoms with E-state index in [1.807, 2.05) is 25.1 Å². The molecule has 1 heterocycles. The van der Waals surface area contributed by atoms with E-state index < -0.39 is 23.4 Å². The smallest absolute Gasteiger partial charge is 0.272 e. The molecule has 4 aromatic rings. The topological polar surface area (TPSA) is 116 Å². The van der Waals surface area contributed by atoms with Crippen molar-refractivity contribution in [3.05, 3.63) is 117 Å². The molecule has 1 atom stereocenters. The third-order valence-electron chi connectivity index (χ3n) is 6.01. The van der Waals surface area contributed by atoms with Crippen molar-refractivity contribution in [3.8, 4) is 0 Å². The number of aromatic amines is 1. The zero-order valence-corrected chi connectivity index (χ0v) is 21.4. The number of benzene rings is 3. The molecule has 192 valence electrons. The molecule has 0 saturated heterocycles. The Hall–Kier alpha value is -4.85. The lowest BCUT2D eigenvalue weighted by atomic mass is 10.0. The summed E-state index contributed by atoms with van der Waals surface area (Å²) in [6.45, 7) is 6.16. The van der Waals surface area contributed by atoms with Gasteiger partial charge in [0.15, 0.2) is 6.04 Å². The summed E-state index contributed by atoms with van der Waals surface area (Å²) in [7, 11) is 0. The van der Waals surface area contributed by atoms with Gasteiger partial charge in [0.25, 0.3) is 17.4 Å². The largest absolute Gasteiger partial charge is 0.335 e. The van der Waals surface area contributed by atoms with Crippen molar-refractivity contribution >= 4 is 34.9 Å². The Labute approximate surface area is 220 Å². The van der Waals surface area contributed by atoms with Gasteiger partial charge in [0.05, 0.1) is 11.6 Å². The van der Waals surface area contributed by atoms with E-state index in [1.54, 1.807) is 54.6 Å². The summed E-state index contributed by atoms with van der Waals surface area (Å²) in [5.41, 5.74) is 5.79. The van der Waals surface area contributed by atoms with Gasteiger partial charge in [-0.1, -0.05) is 80.6 Å². The number of carbonyl (C=O) groups excluding carboxylic acids is 2. The lowest BCUT2D eigenvalue weighted by molar-refractivity contribution is -0.123. The molecule has 2 amide bonds. The Morgan fingerprint density at radius 1 is 0.921 bits per heavy atom. The molecule has 1 aromatic heterocycles. The number of allylic oxidation sites excluding steroid dienone is 1. The van der Waals surface area contributed by atoms with E-state index in [1.165, 1.54) is 11.8 Å². The molecule has 3 N–H and O–H groups in total. The maximum absolute atomic E-state index is 13.3. The van der Waals surface area contributed by atoms with Crippen molar-refractivity contribution in [2.24, 2.45) is 5.10 Å². The summed E-state index contributed by atoms with van der Waals surface area (Å²) < 4.78 is 0. The standard InChI is InChI=1S/C30H29N5O3/c1-19(2)22-15-13-21(14-16-22)17-20(3)18-31-34-30(38)27(32-28(36)23-9-5-4-6-10-23)26-24-11-7-8-12-25(24)29(37)35-33-26/h4-19,27H,1-3H3,(H,32,36)(H,34,38)(H,35,37)/b20-17-,31-18?/t27-/m1/s1. The monoisotopic (exact) mass is 507 g/mol. The van der Waals surface area contributed by atoms with Gasteiger partial charge in [0.2, 0.25) is 0 Å². The zero-order valence-electron chi connectivity index (χ0n) is 21.4. The van der Waals surface area contributed by atoms with Crippen LogP contribution in [0.2, 0.25) is 0 Å². The number of hydrogen-bond donors (Lipinski definition) is 3. The first kappa shape index (κ1) is 26.2. The van der Waals surface area contributed by atoms with Gasteiger partial charge in [-0.15, -0.1) is 0 Å². The van der Waals surface area contributed by atoms with Gasteiger partial charge >= 0.3 is 0 Å². The molecule has 0 aliphatic heterocycles. The van der Waals surface area contributed by atoms with Crippen LogP contribution in [0.15, 0.2) is 94.3 Å². The minimum absolute atomic E-state index is 0.203. The number of nitrogens with one attached hydrogen (secondary N) is 3. The second-order valence-electron chi connectivity index (χ2n) is 9.20. The molecule has 8 nitrogen and oxygen atoms in total. The summed E-state index contributed by atoms with van der Waals surface area (Å²) in [5, 5.41) is 14.2. The van der Waals surface area contributed by atoms with Crippen molar-refractivity contribution in [2.75, 3.05) is 0 Å². The van der Waals surface area contributed by atoms with Gasteiger partial charge < -0.3 is 5.32 Å². The molecule has 38 heavy (non-hydrogen) atoms. The number of nitrogens with zero attached hydrogens (tertiary/aromatic N) is 2. The lowest BCUT2D eigenvalue weighted by Crippen LogP contribution is -2.40. The average molecular weight is 508 g/mol. The molecule has 0 radical (unpaired) electrons. The minimum Gasteiger partial charge on any atom is -0.335 e. The van der Waals surface area contributed by atoms with Crippen molar-refractivity contribution in [3.63, 3.8) is 0 Å². The van der Waals surface area contributed by atoms with Crippen LogP contribution in [0.1, 0.15) is 59.9 Å². The van der Waals surface area contributed by atoms with E-state index in [4.69, 9.17) is 0 Å². The van der Waals surface area contributed by atoms with Gasteiger partial charge in [-0.2, -0.15) is 10.2 Å². The summed E-state index contributed by atoms with van der Waals surface area (Å²) in [6, 6.07) is 22.3. The quantitative estimate of drug-likeness (QED) is 0.236. The molecule has 0 fully saturated rings. The first-order valence-electron chi connectivity index (χ1n) is 12.3. The predicted molar refractivity (Wildman–Crippen MR) is 150 cm³/mol. The van der Waals surface area contributed by atoms with E-state index in [2.05, 4.69) is 52.0 Å². The molecular weight excluding hydrogens is 478 g/mol. The lowest BCUT2D eigenvalue weighted by Gasteiger charge is -2.18. The molecule has 0 saturated carbocycles. The molecule has 0 bridgehead atoms. The molecule has 4 rings (SSSR count). The fourth-order valence-electron chi connectivity index (χ4n) is 3.96. The Morgan fingerprint density at radius 3 is 2.26 bits per heavy atom. The van der Waals surface area contributed by atoms with Gasteiger partial charge in [0, 0.05) is 10.9 Å². The van der Waals surface area contributed by atoms with Crippen LogP contribution in [-0.2, 0) is 4.79 Å². The first-order chi connectivity index (χ1) is 18.3. The van der Waals surface area contributed by atoms with E-state index in [0.29, 0.717) is 22.3 Å². The van der Waals surface area contributed by atoms with E-state index >= 15 is 0 Å². The number of amides is 2. The van der Waals surface area contributed by atoms with E-state index in [0.717, 1.165) is 11.1 Å². The van der Waals surface area contributed by atoms with Crippen molar-refractivity contribution < 1.29 is 9.59 Å². The van der Waals surface area contributed by atoms with Gasteiger partial charge in [-0.05, 0) is 47.7 Å². The van der Waals surface area contributed by atoms with Gasteiger partial charge in [-0.3, -0.25) is 14.4 Å². The van der Waals surface area contributed by atoms with Crippen LogP contribution < -0.4 is 16.3 Å². The Kier molecular flexibility index (Phi) is 8.23. The number of H-pyrrole nitrogens is 1. The number of rotatable bonds is 8. The highest BCUT2D eigenvalue weighted by Gasteiger charge is 2.27. The Bertz CT molecular complexity index is 1550. The number of fused-ring (bicyclic) bond motifs is 1. The van der Waals surface area contributed by atoms with Crippen LogP contribution in [0.3, 0.4) is 0 Å². The van der Waals surface area contributed by atoms with Crippen LogP contribution in [0.5, 0.6) is 0 Å². The summed E-state index contributed by atoms with van der Waals surface area (Å²) in [4.78, 5) is 38.5. The Morgan fingerprint density at radius 2 is 1.58 bits per heavy atom. The van der Waals surface area contributed by atoms with Crippen LogP contribution in [0, 0.1) is 0 Å². The van der Waals surface area contributed by atoms with Crippen LogP contribution in [0.25, 0.3) is 16.8 Å². The summed E-state index contributed by atoms with van der Waals surface area (Å²) in [5.74, 6) is -0.618. The fraction of sp³-hybridized carbons (Fsp3) is 0.167. The molecule has 3 aromatic carbocycles. The minimum atomic E-state index is -1.21. The summed E-state index contributed by atoms with van der Waals surface area (Å²) >= 11 is 0. The SMILES string of the molecule is C/C(C=NNC(=O)[C@H](NC(=O)c1ccccc1)c1n[nH]c(=O)c2ccccc12)=C/c1ccc(C(C)C)cc1. The van der Waals surface area contributed by atoms with E-state index in [-0.39, 0.29) is 5.69 Å². The second kappa shape index (κ2) is 11.9. The van der Waals surface area contributed by atoms with Crippen LogP contribution in [0.4, 0.5) is 0 Å². The Balaban J connectivity index is 1.58. The number of hydrogen-bond acceptors (Lipinski definition) is 5. The second-order valence-corrected chi connectivity index (χ2v) is 9.20. The predicted octanol–water partition coefficient (Wildman–Crippen LogP) is 4.72. The van der Waals surface area contributed by atoms with Crippen molar-refractivity contribution in [1.29, 1.82) is 0 Å². The molecule has 8 heteroatoms. The van der Waals surface area contributed by atoms with Gasteiger partial charge in [0.1, 0.15) is 5.69 Å². The third-order valence-corrected chi connectivity index (χ3v) is 6.01. The number of carbonyl (C=O) groups is 2. The number of aromatic nitrogens is 2. The van der Waals surface area contributed by atoms with Crippen LogP contribution in [-0.4, -0.2) is 28.2 Å². The summed E-state index contributed by atoms with van der Waals surface area (Å²) in [6.07, 6.45) is 3.48. The van der Waals surface area contributed by atoms with E-state index in [9.17, 15) is 14.4 Å². The highest BCUT2D eigenvalue weighted by molar-refractivity contribution is 5.99. The van der Waals surface area contributed by atoms with Crippen LogP contribution >= 0.6 is 0 Å². The molecule has 0 aliphatic carbocycles. The van der Waals surface area contributed by atoms with Crippen molar-refractivity contribution in [1.82, 2.24) is 20.9 Å². The maximum atomic E-state index is 13.3. The maximum Gasteiger partial charge on any atom is 0.272 e. The highest BCUT2D eigenvalue weighted by atomic mass is 16.2. The molecule has 0 spiro atoms. The fourth-order valence-corrected chi connectivity index (χ4v) is 3.96. The molecule has 0 aliphatic rings. The number of hydrazone groups is 1. The van der Waals surface area contributed by atoms with Gasteiger partial charge in [-0.25, -0.2) is 10.5 Å². The average Bonchev–Trinajstić information content (AvgIpc) is 2.93. The van der Waals surface area contributed by atoms with Crippen molar-refractivity contribution in [2.45, 2.75) is 32.7 Å².